The summed E-state index contributed by atoms with van der Waals surface area (Å²) >= 11 is 0. The van der Waals surface area contributed by atoms with Crippen LogP contribution in [-0.4, -0.2) is 19.3 Å². The Balaban J connectivity index is 0.00000117. The summed E-state index contributed by atoms with van der Waals surface area (Å²) in [5, 5.41) is 0. The zero-order chi connectivity index (χ0) is 21.0. The van der Waals surface area contributed by atoms with Crippen molar-refractivity contribution in [1.82, 2.24) is 0 Å². The van der Waals surface area contributed by atoms with Gasteiger partial charge in [-0.25, -0.2) is 0 Å². The van der Waals surface area contributed by atoms with E-state index in [1.54, 1.807) is 5.56 Å². The summed E-state index contributed by atoms with van der Waals surface area (Å²) in [5.41, 5.74) is 7.21. The lowest BCUT2D eigenvalue weighted by Crippen LogP contribution is -2.50. The van der Waals surface area contributed by atoms with Gasteiger partial charge in [-0.3, -0.25) is 4.99 Å². The predicted octanol–water partition coefficient (Wildman–Crippen LogP) is 6.92. The van der Waals surface area contributed by atoms with E-state index in [2.05, 4.69) is 63.1 Å². The number of hydrogen-bond acceptors (Lipinski definition) is 2. The smallest absolute Gasteiger partial charge is 0.0496 e. The van der Waals surface area contributed by atoms with E-state index < -0.39 is 0 Å². The number of aliphatic imine (C=N–C) groups is 1. The first-order valence-electron chi connectivity index (χ1n) is 12.1. The van der Waals surface area contributed by atoms with Gasteiger partial charge in [0, 0.05) is 17.7 Å². The molecule has 2 nitrogen and oxygen atoms in total. The highest BCUT2D eigenvalue weighted by atomic mass is 14.8. The molecule has 3 aliphatic carbocycles. The Hall–Kier alpha value is -1.15. The lowest BCUT2D eigenvalue weighted by Gasteiger charge is -2.57. The molecule has 2 bridgehead atoms. The van der Waals surface area contributed by atoms with Crippen molar-refractivity contribution in [3.8, 4) is 0 Å². The van der Waals surface area contributed by atoms with Gasteiger partial charge in [-0.1, -0.05) is 70.4 Å². The SMILES string of the molecule is CCC1(C=NC2CCCCC2)CC2CC(C)(C)CC(c3ccccc3)(C2)C1.CN. The molecule has 0 saturated heterocycles. The second kappa shape index (κ2) is 9.33. The van der Waals surface area contributed by atoms with Gasteiger partial charge in [0.1, 0.15) is 0 Å². The van der Waals surface area contributed by atoms with Crippen molar-refractivity contribution in [2.24, 2.45) is 27.5 Å². The predicted molar refractivity (Wildman–Crippen MR) is 127 cm³/mol. The van der Waals surface area contributed by atoms with Crippen LogP contribution in [-0.2, 0) is 5.41 Å². The van der Waals surface area contributed by atoms with Crippen molar-refractivity contribution in [2.45, 2.75) is 103 Å². The largest absolute Gasteiger partial charge is 0.333 e. The van der Waals surface area contributed by atoms with E-state index >= 15 is 0 Å². The Bertz CT molecular complexity index is 658. The number of fused-ring (bicyclic) bond motifs is 2. The fraction of sp³-hybridized carbons (Fsp3) is 0.741. The van der Waals surface area contributed by atoms with Crippen LogP contribution >= 0.6 is 0 Å². The van der Waals surface area contributed by atoms with E-state index in [4.69, 9.17) is 4.99 Å². The number of hydrogen-bond donors (Lipinski definition) is 1. The Morgan fingerprint density at radius 3 is 2.31 bits per heavy atom. The molecule has 29 heavy (non-hydrogen) atoms. The number of rotatable bonds is 4. The molecule has 3 saturated carbocycles. The summed E-state index contributed by atoms with van der Waals surface area (Å²) in [6.45, 7) is 7.43. The lowest BCUT2D eigenvalue weighted by atomic mass is 9.47. The maximum atomic E-state index is 5.21. The number of benzene rings is 1. The topological polar surface area (TPSA) is 38.4 Å². The van der Waals surface area contributed by atoms with E-state index in [1.165, 1.54) is 77.7 Å². The van der Waals surface area contributed by atoms with Gasteiger partial charge < -0.3 is 5.73 Å². The lowest BCUT2D eigenvalue weighted by molar-refractivity contribution is 0.00714. The molecule has 2 heteroatoms. The quantitative estimate of drug-likeness (QED) is 0.551. The van der Waals surface area contributed by atoms with Crippen LogP contribution in [0.4, 0.5) is 0 Å². The highest BCUT2D eigenvalue weighted by molar-refractivity contribution is 5.67. The van der Waals surface area contributed by atoms with E-state index in [0.717, 1.165) is 5.92 Å². The zero-order valence-electron chi connectivity index (χ0n) is 19.4. The van der Waals surface area contributed by atoms with Gasteiger partial charge >= 0.3 is 0 Å². The van der Waals surface area contributed by atoms with Crippen LogP contribution in [0.5, 0.6) is 0 Å². The Morgan fingerprint density at radius 1 is 0.966 bits per heavy atom. The van der Waals surface area contributed by atoms with E-state index in [9.17, 15) is 0 Å². The van der Waals surface area contributed by atoms with E-state index in [1.807, 2.05) is 0 Å². The molecular formula is C27H44N2. The molecule has 2 N–H and O–H groups in total. The maximum absolute atomic E-state index is 5.21. The molecule has 162 valence electrons. The molecule has 0 spiro atoms. The zero-order valence-corrected chi connectivity index (χ0v) is 19.4. The highest BCUT2D eigenvalue weighted by Crippen LogP contribution is 2.61. The van der Waals surface area contributed by atoms with Crippen LogP contribution in [0.1, 0.15) is 97.0 Å². The van der Waals surface area contributed by atoms with Crippen molar-refractivity contribution in [1.29, 1.82) is 0 Å². The van der Waals surface area contributed by atoms with Crippen LogP contribution < -0.4 is 5.73 Å². The molecular weight excluding hydrogens is 352 g/mol. The monoisotopic (exact) mass is 396 g/mol. The van der Waals surface area contributed by atoms with Gasteiger partial charge in [-0.2, -0.15) is 0 Å². The minimum atomic E-state index is 0.312. The second-order valence-electron chi connectivity index (χ2n) is 10.9. The molecule has 3 fully saturated rings. The normalized spacial score (nSPS) is 34.4. The van der Waals surface area contributed by atoms with Crippen LogP contribution in [0.2, 0.25) is 0 Å². The van der Waals surface area contributed by atoms with Crippen molar-refractivity contribution < 1.29 is 0 Å². The van der Waals surface area contributed by atoms with Crippen LogP contribution in [0.3, 0.4) is 0 Å². The van der Waals surface area contributed by atoms with Crippen LogP contribution in [0.25, 0.3) is 0 Å². The van der Waals surface area contributed by atoms with E-state index in [0.29, 0.717) is 22.3 Å². The van der Waals surface area contributed by atoms with Gasteiger partial charge in [0.15, 0.2) is 0 Å². The average Bonchev–Trinajstić information content (AvgIpc) is 2.74. The molecule has 0 radical (unpaired) electrons. The summed E-state index contributed by atoms with van der Waals surface area (Å²) in [4.78, 5) is 5.21. The standard InChI is InChI=1S/C26H39N.CH5N/c1-4-25(20-27-23-13-9-6-10-14-23)16-21-15-24(2,3)18-26(17-21,19-25)22-11-7-5-8-12-22;1-2/h5,7-8,11-12,20-21,23H,4,6,9-10,13-19H2,1-3H3;2H2,1H3. The fourth-order valence-corrected chi connectivity index (χ4v) is 7.13. The van der Waals surface area contributed by atoms with Gasteiger partial charge in [-0.05, 0) is 80.7 Å². The summed E-state index contributed by atoms with van der Waals surface area (Å²) < 4.78 is 0. The van der Waals surface area contributed by atoms with Gasteiger partial charge in [0.2, 0.25) is 0 Å². The molecule has 1 aromatic carbocycles. The third-order valence-corrected chi connectivity index (χ3v) is 7.95. The molecule has 3 atom stereocenters. The molecule has 0 heterocycles. The Morgan fingerprint density at radius 2 is 1.66 bits per heavy atom. The number of nitrogens with two attached hydrogens (primary N) is 1. The molecule has 1 aromatic rings. The molecule has 3 unspecified atom stereocenters. The van der Waals surface area contributed by atoms with Gasteiger partial charge in [0.25, 0.3) is 0 Å². The first-order chi connectivity index (χ1) is 13.9. The van der Waals surface area contributed by atoms with Crippen LogP contribution in [0.15, 0.2) is 35.3 Å². The fourth-order valence-electron chi connectivity index (χ4n) is 7.13. The molecule has 0 aromatic heterocycles. The second-order valence-corrected chi connectivity index (χ2v) is 10.9. The summed E-state index contributed by atoms with van der Waals surface area (Å²) in [7, 11) is 1.50. The highest BCUT2D eigenvalue weighted by Gasteiger charge is 2.53. The Labute approximate surface area is 179 Å². The summed E-state index contributed by atoms with van der Waals surface area (Å²) in [6, 6.07) is 12.1. The molecule has 0 amide bonds. The first-order valence-corrected chi connectivity index (χ1v) is 12.1. The Kier molecular flexibility index (Phi) is 7.25. The third kappa shape index (κ3) is 5.13. The minimum Gasteiger partial charge on any atom is -0.333 e. The van der Waals surface area contributed by atoms with E-state index in [-0.39, 0.29) is 0 Å². The van der Waals surface area contributed by atoms with Crippen molar-refractivity contribution in [3.63, 3.8) is 0 Å². The summed E-state index contributed by atoms with van der Waals surface area (Å²) in [5.74, 6) is 0.848. The molecule has 3 aliphatic rings. The molecule has 4 rings (SSSR count). The maximum Gasteiger partial charge on any atom is 0.0496 e. The summed E-state index contributed by atoms with van der Waals surface area (Å²) in [6.07, 6.45) is 17.3. The van der Waals surface area contributed by atoms with Crippen molar-refractivity contribution in [3.05, 3.63) is 35.9 Å². The van der Waals surface area contributed by atoms with Gasteiger partial charge in [-0.15, -0.1) is 0 Å². The van der Waals surface area contributed by atoms with Crippen LogP contribution in [0, 0.1) is 16.7 Å². The number of nitrogens with zero attached hydrogens (tertiary/aromatic N) is 1. The molecule has 0 aliphatic heterocycles. The minimum absolute atomic E-state index is 0.312. The van der Waals surface area contributed by atoms with Gasteiger partial charge in [0.05, 0.1) is 0 Å². The van der Waals surface area contributed by atoms with Crippen molar-refractivity contribution >= 4 is 6.21 Å². The first kappa shape index (κ1) is 22.5. The average molecular weight is 397 g/mol. The van der Waals surface area contributed by atoms with Crippen molar-refractivity contribution in [2.75, 3.05) is 7.05 Å². The third-order valence-electron chi connectivity index (χ3n) is 7.95.